The Morgan fingerprint density at radius 1 is 1.14 bits per heavy atom. The second kappa shape index (κ2) is 7.06. The number of thiophene rings is 1. The number of benzene rings is 2. The number of nitrogens with zero attached hydrogens (tertiary/aromatic N) is 3. The van der Waals surface area contributed by atoms with Gasteiger partial charge in [0.1, 0.15) is 15.7 Å². The third-order valence-electron chi connectivity index (χ3n) is 4.58. The van der Waals surface area contributed by atoms with Crippen molar-refractivity contribution in [3.63, 3.8) is 0 Å². The predicted octanol–water partition coefficient (Wildman–Crippen LogP) is 5.07. The van der Waals surface area contributed by atoms with Crippen molar-refractivity contribution in [3.05, 3.63) is 76.0 Å². The maximum absolute atomic E-state index is 13.2. The molecule has 0 atom stereocenters. The molecule has 144 valence electrons. The first kappa shape index (κ1) is 18.0. The fourth-order valence-corrected chi connectivity index (χ4v) is 5.16. The van der Waals surface area contributed by atoms with E-state index in [0.717, 1.165) is 36.8 Å². The molecule has 0 bridgehead atoms. The van der Waals surface area contributed by atoms with Crippen molar-refractivity contribution in [2.24, 2.45) is 0 Å². The van der Waals surface area contributed by atoms with E-state index >= 15 is 0 Å². The van der Waals surface area contributed by atoms with Crippen molar-refractivity contribution in [2.75, 3.05) is 0 Å². The molecule has 3 heterocycles. The summed E-state index contributed by atoms with van der Waals surface area (Å²) in [6.45, 7) is 2.29. The quantitative estimate of drug-likeness (QED) is 0.440. The van der Waals surface area contributed by atoms with Gasteiger partial charge < -0.3 is 5.32 Å². The summed E-state index contributed by atoms with van der Waals surface area (Å²) >= 11 is 2.95. The molecule has 29 heavy (non-hydrogen) atoms. The first-order valence-electron chi connectivity index (χ1n) is 8.96. The van der Waals surface area contributed by atoms with Crippen LogP contribution in [0, 0.1) is 12.7 Å². The number of fused-ring (bicyclic) bond motifs is 2. The lowest BCUT2D eigenvalue weighted by atomic mass is 10.3. The van der Waals surface area contributed by atoms with E-state index in [-0.39, 0.29) is 11.7 Å². The van der Waals surface area contributed by atoms with E-state index < -0.39 is 0 Å². The van der Waals surface area contributed by atoms with Crippen LogP contribution in [0.4, 0.5) is 4.39 Å². The van der Waals surface area contributed by atoms with Crippen molar-refractivity contribution in [2.45, 2.75) is 13.5 Å². The van der Waals surface area contributed by atoms with Gasteiger partial charge in [-0.2, -0.15) is 5.10 Å². The number of aryl methyl sites for hydroxylation is 1. The van der Waals surface area contributed by atoms with Crippen molar-refractivity contribution in [1.82, 2.24) is 20.1 Å². The molecule has 0 aliphatic rings. The molecule has 0 radical (unpaired) electrons. The average Bonchev–Trinajstić information content (AvgIpc) is 3.41. The van der Waals surface area contributed by atoms with Crippen LogP contribution >= 0.6 is 22.7 Å². The molecular weight excluding hydrogens is 407 g/mol. The minimum Gasteiger partial charge on any atom is -0.345 e. The Morgan fingerprint density at radius 3 is 2.72 bits per heavy atom. The highest BCUT2D eigenvalue weighted by Gasteiger charge is 2.17. The molecule has 0 fully saturated rings. The second-order valence-electron chi connectivity index (χ2n) is 6.56. The fraction of sp³-hybridized carbons (Fsp3) is 0.0952. The van der Waals surface area contributed by atoms with Crippen molar-refractivity contribution < 1.29 is 9.18 Å². The molecular formula is C21H15FN4OS2. The SMILES string of the molecule is Cc1nn(-c2ccc(F)cc2)c2sc(C(=O)NCc3nc4ccccc4s3)cc12. The number of carbonyl (C=O) groups is 1. The van der Waals surface area contributed by atoms with Gasteiger partial charge in [0.25, 0.3) is 5.91 Å². The third kappa shape index (κ3) is 3.30. The maximum Gasteiger partial charge on any atom is 0.261 e. The van der Waals surface area contributed by atoms with Gasteiger partial charge in [0.05, 0.1) is 33.0 Å². The highest BCUT2D eigenvalue weighted by molar-refractivity contribution is 7.20. The van der Waals surface area contributed by atoms with Crippen LogP contribution < -0.4 is 5.32 Å². The molecule has 3 aromatic heterocycles. The van der Waals surface area contributed by atoms with Crippen LogP contribution in [0.25, 0.3) is 26.1 Å². The molecule has 5 aromatic rings. The number of rotatable bonds is 4. The number of nitrogens with one attached hydrogen (secondary N) is 1. The van der Waals surface area contributed by atoms with Crippen LogP contribution in [-0.4, -0.2) is 20.7 Å². The molecule has 5 nitrogen and oxygen atoms in total. The lowest BCUT2D eigenvalue weighted by Crippen LogP contribution is -2.21. The van der Waals surface area contributed by atoms with E-state index in [1.165, 1.54) is 23.5 Å². The zero-order valence-corrected chi connectivity index (χ0v) is 17.0. The molecule has 0 aliphatic heterocycles. The van der Waals surface area contributed by atoms with Crippen LogP contribution in [0.3, 0.4) is 0 Å². The number of hydrogen-bond acceptors (Lipinski definition) is 5. The van der Waals surface area contributed by atoms with E-state index in [1.807, 2.05) is 37.3 Å². The topological polar surface area (TPSA) is 59.8 Å². The number of carbonyl (C=O) groups excluding carboxylic acids is 1. The van der Waals surface area contributed by atoms with Gasteiger partial charge in [-0.1, -0.05) is 12.1 Å². The molecule has 0 spiro atoms. The smallest absolute Gasteiger partial charge is 0.261 e. The Hall–Kier alpha value is -3.10. The van der Waals surface area contributed by atoms with Gasteiger partial charge in [0.2, 0.25) is 0 Å². The molecule has 5 rings (SSSR count). The molecule has 0 unspecified atom stereocenters. The molecule has 0 aliphatic carbocycles. The standard InChI is InChI=1S/C21H15FN4OS2/c1-12-15-10-18(29-21(15)26(25-12)14-8-6-13(22)7-9-14)20(27)23-11-19-24-16-4-2-3-5-17(16)28-19/h2-10H,11H2,1H3,(H,23,27). The van der Waals surface area contributed by atoms with Gasteiger partial charge in [-0.05, 0) is 49.4 Å². The molecule has 0 saturated heterocycles. The van der Waals surface area contributed by atoms with E-state index in [4.69, 9.17) is 0 Å². The number of aromatic nitrogens is 3. The van der Waals surface area contributed by atoms with E-state index in [1.54, 1.807) is 28.2 Å². The van der Waals surface area contributed by atoms with Gasteiger partial charge in [-0.3, -0.25) is 4.79 Å². The summed E-state index contributed by atoms with van der Waals surface area (Å²) in [6.07, 6.45) is 0. The zero-order valence-electron chi connectivity index (χ0n) is 15.3. The van der Waals surface area contributed by atoms with Gasteiger partial charge in [-0.15, -0.1) is 22.7 Å². The van der Waals surface area contributed by atoms with E-state index in [9.17, 15) is 9.18 Å². The number of hydrogen-bond donors (Lipinski definition) is 1. The summed E-state index contributed by atoms with van der Waals surface area (Å²) in [4.78, 5) is 18.7. The predicted molar refractivity (Wildman–Crippen MR) is 114 cm³/mol. The van der Waals surface area contributed by atoms with Crippen molar-refractivity contribution in [3.8, 4) is 5.69 Å². The Kier molecular flexibility index (Phi) is 4.37. The Labute approximate surface area is 173 Å². The summed E-state index contributed by atoms with van der Waals surface area (Å²) in [5.74, 6) is -0.439. The number of amides is 1. The molecule has 1 amide bonds. The Bertz CT molecular complexity index is 1320. The Morgan fingerprint density at radius 2 is 1.93 bits per heavy atom. The number of halogens is 1. The lowest BCUT2D eigenvalue weighted by molar-refractivity contribution is 0.0955. The number of para-hydroxylation sites is 1. The highest BCUT2D eigenvalue weighted by atomic mass is 32.1. The maximum atomic E-state index is 13.2. The minimum atomic E-state index is -0.296. The van der Waals surface area contributed by atoms with Gasteiger partial charge in [0.15, 0.2) is 0 Å². The van der Waals surface area contributed by atoms with Gasteiger partial charge in [0, 0.05) is 5.39 Å². The summed E-state index contributed by atoms with van der Waals surface area (Å²) in [5, 5.41) is 9.28. The van der Waals surface area contributed by atoms with Crippen molar-refractivity contribution in [1.29, 1.82) is 0 Å². The van der Waals surface area contributed by atoms with Crippen molar-refractivity contribution >= 4 is 49.0 Å². The first-order chi connectivity index (χ1) is 14.1. The van der Waals surface area contributed by atoms with Gasteiger partial charge >= 0.3 is 0 Å². The van der Waals surface area contributed by atoms with Crippen LogP contribution in [-0.2, 0) is 6.54 Å². The van der Waals surface area contributed by atoms with Crippen LogP contribution in [0.2, 0.25) is 0 Å². The first-order valence-corrected chi connectivity index (χ1v) is 10.6. The van der Waals surface area contributed by atoms with E-state index in [2.05, 4.69) is 15.4 Å². The van der Waals surface area contributed by atoms with E-state index in [0.29, 0.717) is 11.4 Å². The monoisotopic (exact) mass is 422 g/mol. The molecule has 8 heteroatoms. The number of thiazole rings is 1. The molecule has 1 N–H and O–H groups in total. The van der Waals surface area contributed by atoms with Crippen LogP contribution in [0.1, 0.15) is 20.4 Å². The Balaban J connectivity index is 1.40. The summed E-state index contributed by atoms with van der Waals surface area (Å²) in [7, 11) is 0. The van der Waals surface area contributed by atoms with Crippen LogP contribution in [0.15, 0.2) is 54.6 Å². The zero-order chi connectivity index (χ0) is 20.0. The third-order valence-corrected chi connectivity index (χ3v) is 6.72. The highest BCUT2D eigenvalue weighted by Crippen LogP contribution is 2.30. The summed E-state index contributed by atoms with van der Waals surface area (Å²) in [5.41, 5.74) is 2.53. The lowest BCUT2D eigenvalue weighted by Gasteiger charge is -2.02. The largest absolute Gasteiger partial charge is 0.345 e. The fourth-order valence-electron chi connectivity index (χ4n) is 3.15. The summed E-state index contributed by atoms with van der Waals surface area (Å²) < 4.78 is 16.1. The van der Waals surface area contributed by atoms with Crippen LogP contribution in [0.5, 0.6) is 0 Å². The summed E-state index contributed by atoms with van der Waals surface area (Å²) in [6, 6.07) is 15.9. The molecule has 2 aromatic carbocycles. The minimum absolute atomic E-state index is 0.143. The van der Waals surface area contributed by atoms with Gasteiger partial charge in [-0.25, -0.2) is 14.1 Å². The normalized spacial score (nSPS) is 11.4. The average molecular weight is 423 g/mol. The second-order valence-corrected chi connectivity index (χ2v) is 8.71. The molecule has 0 saturated carbocycles.